The average molecular weight is 620 g/mol. The van der Waals surface area contributed by atoms with Gasteiger partial charge in [-0.15, -0.1) is 0 Å². The lowest BCUT2D eigenvalue weighted by atomic mass is 9.96. The van der Waals surface area contributed by atoms with Crippen molar-refractivity contribution in [1.29, 1.82) is 0 Å². The van der Waals surface area contributed by atoms with Gasteiger partial charge in [-0.3, -0.25) is 9.36 Å². The van der Waals surface area contributed by atoms with Crippen LogP contribution in [0.1, 0.15) is 36.6 Å². The van der Waals surface area contributed by atoms with Crippen molar-refractivity contribution in [2.45, 2.75) is 26.5 Å². The minimum Gasteiger partial charge on any atom is -0.496 e. The zero-order valence-electron chi connectivity index (χ0n) is 22.2. The first-order valence-electron chi connectivity index (χ1n) is 12.7. The number of thiazole rings is 1. The third-order valence-corrected chi connectivity index (χ3v) is 8.04. The fourth-order valence-corrected chi connectivity index (χ4v) is 6.12. The minimum absolute atomic E-state index is 0.212. The van der Waals surface area contributed by atoms with E-state index >= 15 is 0 Å². The summed E-state index contributed by atoms with van der Waals surface area (Å²) in [7, 11) is 1.58. The number of hydrogen-bond acceptors (Lipinski definition) is 7. The van der Waals surface area contributed by atoms with Gasteiger partial charge >= 0.3 is 5.97 Å². The van der Waals surface area contributed by atoms with Crippen molar-refractivity contribution in [3.05, 3.63) is 125 Å². The van der Waals surface area contributed by atoms with Crippen LogP contribution in [0.4, 0.5) is 0 Å². The maximum atomic E-state index is 13.8. The molecule has 0 saturated heterocycles. The van der Waals surface area contributed by atoms with Crippen molar-refractivity contribution < 1.29 is 19.0 Å². The fraction of sp³-hybridized carbons (Fsp3) is 0.194. The Morgan fingerprint density at radius 2 is 1.85 bits per heavy atom. The minimum atomic E-state index is -0.701. The summed E-state index contributed by atoms with van der Waals surface area (Å²) in [5.74, 6) is 0.883. The third-order valence-electron chi connectivity index (χ3n) is 6.43. The van der Waals surface area contributed by atoms with Crippen LogP contribution in [-0.2, 0) is 16.1 Å². The Kier molecular flexibility index (Phi) is 8.32. The van der Waals surface area contributed by atoms with E-state index in [9.17, 15) is 9.59 Å². The highest BCUT2D eigenvalue weighted by Gasteiger charge is 2.33. The summed E-state index contributed by atoms with van der Waals surface area (Å²) in [4.78, 5) is 32.1. The van der Waals surface area contributed by atoms with E-state index in [4.69, 9.17) is 14.2 Å². The number of carbonyl (C=O) groups excluding carboxylic acids is 1. The van der Waals surface area contributed by atoms with Gasteiger partial charge in [0.1, 0.15) is 18.1 Å². The summed E-state index contributed by atoms with van der Waals surface area (Å²) in [6.07, 6.45) is 1.83. The molecule has 0 spiro atoms. The van der Waals surface area contributed by atoms with E-state index < -0.39 is 12.0 Å². The van der Waals surface area contributed by atoms with E-state index in [2.05, 4.69) is 20.9 Å². The highest BCUT2D eigenvalue weighted by Crippen LogP contribution is 2.35. The Balaban J connectivity index is 1.53. The molecule has 0 fully saturated rings. The molecule has 0 N–H and O–H groups in total. The number of rotatable bonds is 8. The van der Waals surface area contributed by atoms with Crippen LogP contribution in [0.25, 0.3) is 6.08 Å². The molecule has 7 nitrogen and oxygen atoms in total. The predicted molar refractivity (Wildman–Crippen MR) is 158 cm³/mol. The molecule has 4 aromatic rings. The Morgan fingerprint density at radius 1 is 1.10 bits per heavy atom. The lowest BCUT2D eigenvalue weighted by molar-refractivity contribution is -0.139. The lowest BCUT2D eigenvalue weighted by Gasteiger charge is -2.25. The molecule has 0 saturated carbocycles. The number of allylic oxidation sites excluding steroid dienone is 1. The lowest BCUT2D eigenvalue weighted by Crippen LogP contribution is -2.39. The number of aromatic nitrogens is 1. The van der Waals surface area contributed by atoms with Gasteiger partial charge in [-0.1, -0.05) is 59.9 Å². The molecule has 2 heterocycles. The quantitative estimate of drug-likeness (QED) is 0.255. The van der Waals surface area contributed by atoms with Gasteiger partial charge < -0.3 is 14.2 Å². The molecule has 1 aromatic heterocycles. The SMILES string of the molecule is CCOC(=O)C1=C(C)N=c2s/c(=C\c3ccc(OCc4ccccc4)cc3)c(=O)n2C1c1ccc(OC)c(Br)c1. The molecule has 0 bridgehead atoms. The number of carbonyl (C=O) groups is 1. The first kappa shape index (κ1) is 27.6. The zero-order valence-corrected chi connectivity index (χ0v) is 24.6. The summed E-state index contributed by atoms with van der Waals surface area (Å²) >= 11 is 4.82. The van der Waals surface area contributed by atoms with Crippen LogP contribution in [0.3, 0.4) is 0 Å². The molecule has 1 atom stereocenters. The Hall–Kier alpha value is -3.95. The van der Waals surface area contributed by atoms with Gasteiger partial charge in [0, 0.05) is 0 Å². The molecular formula is C31H27BrN2O5S. The number of fused-ring (bicyclic) bond motifs is 1. The van der Waals surface area contributed by atoms with Gasteiger partial charge in [0.15, 0.2) is 4.80 Å². The highest BCUT2D eigenvalue weighted by atomic mass is 79.9. The zero-order chi connectivity index (χ0) is 28.2. The molecule has 1 aliphatic rings. The number of esters is 1. The summed E-state index contributed by atoms with van der Waals surface area (Å²) in [6, 6.07) is 22.3. The van der Waals surface area contributed by atoms with Crippen molar-refractivity contribution in [3.8, 4) is 11.5 Å². The number of hydrogen-bond donors (Lipinski definition) is 0. The highest BCUT2D eigenvalue weighted by molar-refractivity contribution is 9.10. The maximum absolute atomic E-state index is 13.8. The summed E-state index contributed by atoms with van der Waals surface area (Å²) in [5, 5.41) is 0. The number of halogens is 1. The van der Waals surface area contributed by atoms with Crippen molar-refractivity contribution >= 4 is 39.3 Å². The molecule has 40 heavy (non-hydrogen) atoms. The fourth-order valence-electron chi connectivity index (χ4n) is 4.51. The first-order chi connectivity index (χ1) is 19.4. The molecule has 1 aliphatic heterocycles. The maximum Gasteiger partial charge on any atom is 0.338 e. The van der Waals surface area contributed by atoms with E-state index in [1.54, 1.807) is 31.6 Å². The Bertz CT molecular complexity index is 1760. The average Bonchev–Trinajstić information content (AvgIpc) is 3.26. The van der Waals surface area contributed by atoms with Gasteiger partial charge in [-0.2, -0.15) is 0 Å². The molecule has 0 radical (unpaired) electrons. The smallest absolute Gasteiger partial charge is 0.338 e. The van der Waals surface area contributed by atoms with E-state index in [1.807, 2.05) is 72.8 Å². The molecule has 204 valence electrons. The van der Waals surface area contributed by atoms with Crippen LogP contribution in [0.2, 0.25) is 0 Å². The third kappa shape index (κ3) is 5.66. The van der Waals surface area contributed by atoms with Crippen molar-refractivity contribution in [1.82, 2.24) is 4.57 Å². The predicted octanol–water partition coefficient (Wildman–Crippen LogP) is 5.15. The summed E-state index contributed by atoms with van der Waals surface area (Å²) in [5.41, 5.74) is 3.28. The van der Waals surface area contributed by atoms with Crippen LogP contribution < -0.4 is 24.4 Å². The molecule has 5 rings (SSSR count). The summed E-state index contributed by atoms with van der Waals surface area (Å²) < 4.78 is 19.4. The first-order valence-corrected chi connectivity index (χ1v) is 14.3. The molecular weight excluding hydrogens is 592 g/mol. The van der Waals surface area contributed by atoms with Gasteiger partial charge in [-0.05, 0) is 76.8 Å². The monoisotopic (exact) mass is 618 g/mol. The van der Waals surface area contributed by atoms with Gasteiger partial charge in [-0.25, -0.2) is 9.79 Å². The van der Waals surface area contributed by atoms with E-state index in [-0.39, 0.29) is 12.2 Å². The second kappa shape index (κ2) is 12.1. The van der Waals surface area contributed by atoms with Crippen molar-refractivity contribution in [2.75, 3.05) is 13.7 Å². The van der Waals surface area contributed by atoms with Crippen molar-refractivity contribution in [3.63, 3.8) is 0 Å². The second-order valence-electron chi connectivity index (χ2n) is 9.04. The van der Waals surface area contributed by atoms with Crippen LogP contribution >= 0.6 is 27.3 Å². The Labute approximate surface area is 243 Å². The Morgan fingerprint density at radius 3 is 2.52 bits per heavy atom. The van der Waals surface area contributed by atoms with Crippen LogP contribution in [0.5, 0.6) is 11.5 Å². The van der Waals surface area contributed by atoms with Gasteiger partial charge in [0.2, 0.25) is 0 Å². The molecule has 0 amide bonds. The largest absolute Gasteiger partial charge is 0.496 e. The van der Waals surface area contributed by atoms with Crippen molar-refractivity contribution in [2.24, 2.45) is 4.99 Å². The number of ether oxygens (including phenoxy) is 3. The number of nitrogens with zero attached hydrogens (tertiary/aromatic N) is 2. The second-order valence-corrected chi connectivity index (χ2v) is 10.9. The number of methoxy groups -OCH3 is 1. The normalized spacial score (nSPS) is 14.9. The van der Waals surface area contributed by atoms with E-state index in [0.29, 0.717) is 37.4 Å². The summed E-state index contributed by atoms with van der Waals surface area (Å²) in [6.45, 7) is 4.20. The molecule has 1 unspecified atom stereocenters. The topological polar surface area (TPSA) is 79.1 Å². The standard InChI is InChI=1S/C31H27BrN2O5S/c1-4-38-30(36)27-19(2)33-31-34(28(27)22-12-15-25(37-3)24(32)17-22)29(35)26(40-31)16-20-10-13-23(14-11-20)39-18-21-8-6-5-7-9-21/h5-17,28H,4,18H2,1-3H3/b26-16-. The van der Waals surface area contributed by atoms with E-state index in [1.165, 1.54) is 11.3 Å². The molecule has 9 heteroatoms. The van der Waals surface area contributed by atoms with Crippen LogP contribution in [0, 0.1) is 0 Å². The van der Waals surface area contributed by atoms with E-state index in [0.717, 1.165) is 22.4 Å². The molecule has 3 aromatic carbocycles. The number of benzene rings is 3. The van der Waals surface area contributed by atoms with Crippen LogP contribution in [-0.4, -0.2) is 24.3 Å². The van der Waals surface area contributed by atoms with Gasteiger partial charge in [0.25, 0.3) is 5.56 Å². The van der Waals surface area contributed by atoms with Crippen LogP contribution in [0.15, 0.2) is 98.3 Å². The van der Waals surface area contributed by atoms with Gasteiger partial charge in [0.05, 0.1) is 40.0 Å². The molecule has 0 aliphatic carbocycles.